The topological polar surface area (TPSA) is 181 Å². The highest BCUT2D eigenvalue weighted by molar-refractivity contribution is 6.00. The molecule has 2 heterocycles. The van der Waals surface area contributed by atoms with Crippen molar-refractivity contribution in [1.29, 1.82) is 0 Å². The molecule has 15 nitrogen and oxygen atoms in total. The summed E-state index contributed by atoms with van der Waals surface area (Å²) in [5.41, 5.74) is -0.421. The third-order valence-electron chi connectivity index (χ3n) is 8.46. The predicted octanol–water partition coefficient (Wildman–Crippen LogP) is 4.85. The van der Waals surface area contributed by atoms with Crippen molar-refractivity contribution in [3.63, 3.8) is 0 Å². The molecule has 15 heteroatoms. The number of carbonyl (C=O) groups is 3. The van der Waals surface area contributed by atoms with Crippen molar-refractivity contribution >= 4 is 29.2 Å². The van der Waals surface area contributed by atoms with E-state index in [1.807, 2.05) is 6.92 Å². The molecule has 0 unspecified atom stereocenters. The van der Waals surface area contributed by atoms with Crippen molar-refractivity contribution in [2.24, 2.45) is 0 Å². The van der Waals surface area contributed by atoms with Crippen LogP contribution in [0.25, 0.3) is 0 Å². The second kappa shape index (κ2) is 15.6. The predicted molar refractivity (Wildman–Crippen MR) is 168 cm³/mol. The number of likely N-dealkylation sites (tertiary alicyclic amines) is 2. The molecule has 0 bridgehead atoms. The van der Waals surface area contributed by atoms with Crippen LogP contribution in [0.5, 0.6) is 17.2 Å². The lowest BCUT2D eigenvalue weighted by atomic mass is 10.1. The van der Waals surface area contributed by atoms with Gasteiger partial charge in [0, 0.05) is 38.5 Å². The molecule has 0 N–H and O–H groups in total. The highest BCUT2D eigenvalue weighted by Crippen LogP contribution is 2.37. The molecule has 2 aromatic carbocycles. The number of hydrogen-bond acceptors (Lipinski definition) is 11. The molecule has 2 atom stereocenters. The van der Waals surface area contributed by atoms with E-state index >= 15 is 0 Å². The van der Waals surface area contributed by atoms with Gasteiger partial charge in [0.1, 0.15) is 23.5 Å². The fourth-order valence-corrected chi connectivity index (χ4v) is 6.05. The van der Waals surface area contributed by atoms with Crippen molar-refractivity contribution in [3.05, 3.63) is 61.2 Å². The van der Waals surface area contributed by atoms with Gasteiger partial charge in [0.05, 0.1) is 48.3 Å². The molecule has 47 heavy (non-hydrogen) atoms. The molecular weight excluding hydrogens is 616 g/mol. The number of esters is 1. The van der Waals surface area contributed by atoms with E-state index in [4.69, 9.17) is 18.9 Å². The Morgan fingerprint density at radius 2 is 1.36 bits per heavy atom. The Hall–Kier alpha value is -4.95. The first-order valence-corrected chi connectivity index (χ1v) is 15.6. The van der Waals surface area contributed by atoms with E-state index < -0.39 is 33.3 Å². The summed E-state index contributed by atoms with van der Waals surface area (Å²) in [6, 6.07) is 4.82. The summed E-state index contributed by atoms with van der Waals surface area (Å²) in [4.78, 5) is 63.6. The maximum absolute atomic E-state index is 13.3. The van der Waals surface area contributed by atoms with E-state index in [1.54, 1.807) is 11.8 Å². The summed E-state index contributed by atoms with van der Waals surface area (Å²) in [6.45, 7) is 6.02. The maximum Gasteiger partial charge on any atom is 0.302 e. The number of aryl methyl sites for hydroxylation is 1. The van der Waals surface area contributed by atoms with Crippen LogP contribution in [-0.4, -0.2) is 89.5 Å². The number of nitrogens with zero attached hydrogens (tertiary/aromatic N) is 4. The van der Waals surface area contributed by atoms with Crippen LogP contribution in [0.2, 0.25) is 0 Å². The minimum atomic E-state index is -0.639. The standard InChI is InChI=1S/C32H40N4O11/c1-5-22-9-6-11-33(22)32(39)25-16-29(44-4)30(18-27(25)36(42)43)46-14-8-13-45-28-17-26(35(40)41)24(15-20(28)2)31(38)34-12-7-10-23(34)19-47-21(3)37/h15-18,22-23H,5-14,19H2,1-4H3/t22-,23+/m1/s1. The maximum atomic E-state index is 13.3. The van der Waals surface area contributed by atoms with Gasteiger partial charge in [0.25, 0.3) is 23.2 Å². The van der Waals surface area contributed by atoms with Gasteiger partial charge >= 0.3 is 5.97 Å². The van der Waals surface area contributed by atoms with Gasteiger partial charge in [-0.25, -0.2) is 0 Å². The first-order chi connectivity index (χ1) is 22.5. The zero-order chi connectivity index (χ0) is 34.2. The van der Waals surface area contributed by atoms with Crippen molar-refractivity contribution in [2.75, 3.05) is 40.0 Å². The number of ether oxygens (including phenoxy) is 4. The second-order valence-electron chi connectivity index (χ2n) is 11.5. The molecule has 2 aliphatic heterocycles. The van der Waals surface area contributed by atoms with E-state index in [2.05, 4.69) is 0 Å². The van der Waals surface area contributed by atoms with Crippen LogP contribution >= 0.6 is 0 Å². The van der Waals surface area contributed by atoms with Gasteiger partial charge < -0.3 is 28.7 Å². The summed E-state index contributed by atoms with van der Waals surface area (Å²) >= 11 is 0. The Morgan fingerprint density at radius 3 is 1.91 bits per heavy atom. The number of hydrogen-bond donors (Lipinski definition) is 0. The monoisotopic (exact) mass is 656 g/mol. The molecule has 0 spiro atoms. The third-order valence-corrected chi connectivity index (χ3v) is 8.46. The second-order valence-corrected chi connectivity index (χ2v) is 11.5. The number of methoxy groups -OCH3 is 1. The van der Waals surface area contributed by atoms with Gasteiger partial charge in [-0.05, 0) is 50.7 Å². The molecule has 0 radical (unpaired) electrons. The number of nitro benzene ring substituents is 2. The van der Waals surface area contributed by atoms with Gasteiger partial charge in [-0.2, -0.15) is 0 Å². The van der Waals surface area contributed by atoms with Gasteiger partial charge in [-0.1, -0.05) is 6.92 Å². The van der Waals surface area contributed by atoms with Crippen molar-refractivity contribution < 1.29 is 43.2 Å². The first kappa shape index (κ1) is 34.9. The average Bonchev–Trinajstić information content (AvgIpc) is 3.72. The Balaban J connectivity index is 1.41. The summed E-state index contributed by atoms with van der Waals surface area (Å²) < 4.78 is 22.1. The zero-order valence-electron chi connectivity index (χ0n) is 27.0. The number of nitro groups is 2. The summed E-state index contributed by atoms with van der Waals surface area (Å²) in [5, 5.41) is 23.9. The number of carbonyl (C=O) groups excluding carboxylic acids is 3. The molecule has 0 aliphatic carbocycles. The number of benzene rings is 2. The molecule has 2 amide bonds. The fourth-order valence-electron chi connectivity index (χ4n) is 6.05. The van der Waals surface area contributed by atoms with Crippen LogP contribution in [0.3, 0.4) is 0 Å². The smallest absolute Gasteiger partial charge is 0.302 e. The first-order valence-electron chi connectivity index (χ1n) is 15.6. The highest BCUT2D eigenvalue weighted by atomic mass is 16.6. The molecular formula is C32H40N4O11. The molecule has 2 saturated heterocycles. The van der Waals surface area contributed by atoms with E-state index in [1.165, 1.54) is 43.2 Å². The number of amides is 2. The van der Waals surface area contributed by atoms with Crippen LogP contribution in [-0.2, 0) is 9.53 Å². The lowest BCUT2D eigenvalue weighted by Gasteiger charge is -2.24. The quantitative estimate of drug-likeness (QED) is 0.117. The van der Waals surface area contributed by atoms with Gasteiger partial charge in [0.2, 0.25) is 0 Å². The van der Waals surface area contributed by atoms with Crippen LogP contribution in [0, 0.1) is 27.2 Å². The van der Waals surface area contributed by atoms with Crippen LogP contribution in [0.1, 0.15) is 78.7 Å². The van der Waals surface area contributed by atoms with Gasteiger partial charge in [0.15, 0.2) is 11.5 Å². The molecule has 2 aromatic rings. The van der Waals surface area contributed by atoms with Crippen molar-refractivity contribution in [3.8, 4) is 17.2 Å². The molecule has 2 aliphatic rings. The summed E-state index contributed by atoms with van der Waals surface area (Å²) in [6.07, 6.45) is 4.05. The van der Waals surface area contributed by atoms with Gasteiger partial charge in [-0.15, -0.1) is 0 Å². The molecule has 0 saturated carbocycles. The Kier molecular flexibility index (Phi) is 11.6. The summed E-state index contributed by atoms with van der Waals surface area (Å²) in [5.74, 6) is -0.922. The minimum absolute atomic E-state index is 0.0244. The zero-order valence-corrected chi connectivity index (χ0v) is 27.0. The lowest BCUT2D eigenvalue weighted by molar-refractivity contribution is -0.385. The minimum Gasteiger partial charge on any atom is -0.493 e. The Labute approximate surface area is 272 Å². The van der Waals surface area contributed by atoms with E-state index in [0.717, 1.165) is 19.3 Å². The highest BCUT2D eigenvalue weighted by Gasteiger charge is 2.35. The molecule has 254 valence electrons. The normalized spacial score (nSPS) is 17.4. The molecule has 4 rings (SSSR count). The molecule has 2 fully saturated rings. The Bertz CT molecular complexity index is 1530. The van der Waals surface area contributed by atoms with E-state index in [-0.39, 0.29) is 66.0 Å². The lowest BCUT2D eigenvalue weighted by Crippen LogP contribution is -2.39. The SMILES string of the molecule is CC[C@@H]1CCCN1C(=O)c1cc(OC)c(OCCCOc2cc([N+](=O)[O-])c(C(=O)N3CCC[C@H]3COC(C)=O)cc2C)cc1[N+](=O)[O-]. The van der Waals surface area contributed by atoms with Crippen molar-refractivity contribution in [2.45, 2.75) is 71.4 Å². The Morgan fingerprint density at radius 1 is 0.830 bits per heavy atom. The van der Waals surface area contributed by atoms with E-state index in [9.17, 15) is 34.6 Å². The van der Waals surface area contributed by atoms with Gasteiger partial charge in [-0.3, -0.25) is 34.6 Å². The van der Waals surface area contributed by atoms with Crippen molar-refractivity contribution in [1.82, 2.24) is 9.80 Å². The molecule has 0 aromatic heterocycles. The largest absolute Gasteiger partial charge is 0.493 e. The fraction of sp³-hybridized carbons (Fsp3) is 0.531. The van der Waals surface area contributed by atoms with E-state index in [0.29, 0.717) is 37.9 Å². The van der Waals surface area contributed by atoms with Crippen LogP contribution in [0.4, 0.5) is 11.4 Å². The number of rotatable bonds is 14. The van der Waals surface area contributed by atoms with Crippen LogP contribution in [0.15, 0.2) is 24.3 Å². The van der Waals surface area contributed by atoms with Crippen LogP contribution < -0.4 is 14.2 Å². The third kappa shape index (κ3) is 8.07. The average molecular weight is 657 g/mol. The summed E-state index contributed by atoms with van der Waals surface area (Å²) in [7, 11) is 1.38.